The van der Waals surface area contributed by atoms with Crippen LogP contribution in [0.1, 0.15) is 30.2 Å². The third-order valence-electron chi connectivity index (χ3n) is 3.20. The highest BCUT2D eigenvalue weighted by molar-refractivity contribution is 7.80. The molecule has 0 radical (unpaired) electrons. The summed E-state index contributed by atoms with van der Waals surface area (Å²) in [5.74, 6) is 0.782. The third kappa shape index (κ3) is 2.62. The molecule has 18 heavy (non-hydrogen) atoms. The van der Waals surface area contributed by atoms with Crippen molar-refractivity contribution in [3.05, 3.63) is 22.9 Å². The molecule has 4 nitrogen and oxygen atoms in total. The molecule has 1 unspecified atom stereocenters. The molecule has 0 saturated carbocycles. The van der Waals surface area contributed by atoms with Gasteiger partial charge in [-0.15, -0.1) is 0 Å². The number of aliphatic hydroxyl groups excluding tert-OH is 1. The number of aromatic nitrogens is 1. The number of rotatable bonds is 4. The minimum absolute atomic E-state index is 0.365. The Morgan fingerprint density at radius 1 is 1.61 bits per heavy atom. The number of pyridine rings is 1. The van der Waals surface area contributed by atoms with E-state index in [4.69, 9.17) is 18.0 Å². The van der Waals surface area contributed by atoms with E-state index in [0.29, 0.717) is 11.5 Å². The summed E-state index contributed by atoms with van der Waals surface area (Å²) in [4.78, 5) is 6.95. The van der Waals surface area contributed by atoms with Gasteiger partial charge in [-0.25, -0.2) is 4.98 Å². The van der Waals surface area contributed by atoms with Gasteiger partial charge in [0.1, 0.15) is 10.8 Å². The number of thiocarbonyl (C=S) groups is 1. The van der Waals surface area contributed by atoms with Crippen LogP contribution in [-0.4, -0.2) is 34.8 Å². The first-order chi connectivity index (χ1) is 8.49. The lowest BCUT2D eigenvalue weighted by atomic mass is 10.1. The summed E-state index contributed by atoms with van der Waals surface area (Å²) in [7, 11) is 1.90. The Bertz CT molecular complexity index is 474. The van der Waals surface area contributed by atoms with Crippen LogP contribution in [0.15, 0.2) is 6.07 Å². The van der Waals surface area contributed by atoms with E-state index in [0.717, 1.165) is 36.3 Å². The number of hydrogen-bond acceptors (Lipinski definition) is 4. The van der Waals surface area contributed by atoms with E-state index >= 15 is 0 Å². The van der Waals surface area contributed by atoms with Crippen molar-refractivity contribution >= 4 is 23.0 Å². The van der Waals surface area contributed by atoms with Crippen molar-refractivity contribution in [2.24, 2.45) is 5.73 Å². The summed E-state index contributed by atoms with van der Waals surface area (Å²) < 4.78 is 0. The van der Waals surface area contributed by atoms with Crippen LogP contribution < -0.4 is 10.6 Å². The van der Waals surface area contributed by atoms with Gasteiger partial charge in [0, 0.05) is 19.3 Å². The Morgan fingerprint density at radius 2 is 2.33 bits per heavy atom. The van der Waals surface area contributed by atoms with Crippen molar-refractivity contribution in [1.29, 1.82) is 0 Å². The predicted octanol–water partition coefficient (Wildman–Crippen LogP) is 1.02. The third-order valence-corrected chi connectivity index (χ3v) is 3.42. The zero-order chi connectivity index (χ0) is 13.3. The van der Waals surface area contributed by atoms with Crippen LogP contribution >= 0.6 is 12.2 Å². The van der Waals surface area contributed by atoms with Gasteiger partial charge in [-0.05, 0) is 37.8 Å². The summed E-state index contributed by atoms with van der Waals surface area (Å²) in [6.45, 7) is 2.27. The van der Waals surface area contributed by atoms with E-state index in [9.17, 15) is 5.11 Å². The molecule has 0 amide bonds. The van der Waals surface area contributed by atoms with Gasteiger partial charge in [0.25, 0.3) is 0 Å². The Hall–Kier alpha value is -1.20. The quantitative estimate of drug-likeness (QED) is 0.796. The first-order valence-corrected chi connectivity index (χ1v) is 6.61. The van der Waals surface area contributed by atoms with Gasteiger partial charge in [-0.1, -0.05) is 12.2 Å². The minimum Gasteiger partial charge on any atom is -0.392 e. The SMILES string of the molecule is CC(O)CN(C)c1nc2c(cc1C(N)=S)CCC2. The Morgan fingerprint density at radius 3 is 2.94 bits per heavy atom. The van der Waals surface area contributed by atoms with Crippen molar-refractivity contribution in [1.82, 2.24) is 4.98 Å². The number of hydrogen-bond donors (Lipinski definition) is 2. The first kappa shape index (κ1) is 13.2. The van der Waals surface area contributed by atoms with Crippen molar-refractivity contribution < 1.29 is 5.11 Å². The molecule has 1 aromatic heterocycles. The molecule has 0 aromatic carbocycles. The molecule has 1 aliphatic carbocycles. The molecule has 0 bridgehead atoms. The Kier molecular flexibility index (Phi) is 3.82. The van der Waals surface area contributed by atoms with Crippen LogP contribution in [0.5, 0.6) is 0 Å². The van der Waals surface area contributed by atoms with E-state index in [-0.39, 0.29) is 0 Å². The fraction of sp³-hybridized carbons (Fsp3) is 0.538. The van der Waals surface area contributed by atoms with Gasteiger partial charge < -0.3 is 15.7 Å². The molecule has 1 aromatic rings. The normalized spacial score (nSPS) is 15.3. The highest BCUT2D eigenvalue weighted by Crippen LogP contribution is 2.27. The predicted molar refractivity (Wildman–Crippen MR) is 77.1 cm³/mol. The summed E-state index contributed by atoms with van der Waals surface area (Å²) in [6.07, 6.45) is 2.80. The molecule has 0 spiro atoms. The fourth-order valence-electron chi connectivity index (χ4n) is 2.42. The maximum Gasteiger partial charge on any atom is 0.138 e. The van der Waals surface area contributed by atoms with Gasteiger partial charge in [0.2, 0.25) is 0 Å². The lowest BCUT2D eigenvalue weighted by Crippen LogP contribution is -2.30. The van der Waals surface area contributed by atoms with Crippen molar-refractivity contribution in [2.75, 3.05) is 18.5 Å². The highest BCUT2D eigenvalue weighted by atomic mass is 32.1. The lowest BCUT2D eigenvalue weighted by molar-refractivity contribution is 0.201. The van der Waals surface area contributed by atoms with E-state index in [1.54, 1.807) is 6.92 Å². The summed E-state index contributed by atoms with van der Waals surface area (Å²) in [5.41, 5.74) is 8.99. The topological polar surface area (TPSA) is 62.4 Å². The van der Waals surface area contributed by atoms with E-state index in [1.165, 1.54) is 5.56 Å². The van der Waals surface area contributed by atoms with Crippen LogP contribution in [0, 0.1) is 0 Å². The second-order valence-electron chi connectivity index (χ2n) is 4.91. The van der Waals surface area contributed by atoms with Gasteiger partial charge in [0.05, 0.1) is 11.7 Å². The molecule has 1 aliphatic rings. The fourth-order valence-corrected chi connectivity index (χ4v) is 2.57. The Balaban J connectivity index is 2.41. The molecule has 1 heterocycles. The van der Waals surface area contributed by atoms with Crippen LogP contribution in [0.2, 0.25) is 0 Å². The van der Waals surface area contributed by atoms with Crippen molar-refractivity contribution in [2.45, 2.75) is 32.3 Å². The monoisotopic (exact) mass is 265 g/mol. The average Bonchev–Trinajstić information content (AvgIpc) is 2.72. The Labute approximate surface area is 113 Å². The molecular weight excluding hydrogens is 246 g/mol. The summed E-state index contributed by atoms with van der Waals surface area (Å²) >= 11 is 5.10. The maximum absolute atomic E-state index is 9.47. The molecule has 2 rings (SSSR count). The van der Waals surface area contributed by atoms with Gasteiger partial charge in [-0.2, -0.15) is 0 Å². The second-order valence-corrected chi connectivity index (χ2v) is 5.35. The minimum atomic E-state index is -0.413. The first-order valence-electron chi connectivity index (χ1n) is 6.21. The molecule has 5 heteroatoms. The number of nitrogens with two attached hydrogens (primary N) is 1. The second kappa shape index (κ2) is 5.20. The largest absolute Gasteiger partial charge is 0.392 e. The van der Waals surface area contributed by atoms with Crippen LogP contribution in [0.25, 0.3) is 0 Å². The molecule has 98 valence electrons. The van der Waals surface area contributed by atoms with Gasteiger partial charge in [-0.3, -0.25) is 0 Å². The zero-order valence-corrected chi connectivity index (χ0v) is 11.6. The number of fused-ring (bicyclic) bond motifs is 1. The lowest BCUT2D eigenvalue weighted by Gasteiger charge is -2.23. The van der Waals surface area contributed by atoms with Crippen LogP contribution in [-0.2, 0) is 12.8 Å². The zero-order valence-electron chi connectivity index (χ0n) is 10.8. The smallest absolute Gasteiger partial charge is 0.138 e. The molecular formula is C13H19N3OS. The molecule has 3 N–H and O–H groups in total. The molecule has 0 aliphatic heterocycles. The van der Waals surface area contributed by atoms with E-state index in [2.05, 4.69) is 11.1 Å². The molecule has 0 fully saturated rings. The number of nitrogens with zero attached hydrogens (tertiary/aromatic N) is 2. The molecule has 1 atom stereocenters. The van der Waals surface area contributed by atoms with E-state index in [1.807, 2.05) is 11.9 Å². The van der Waals surface area contributed by atoms with E-state index < -0.39 is 6.10 Å². The van der Waals surface area contributed by atoms with Crippen molar-refractivity contribution in [3.8, 4) is 0 Å². The number of likely N-dealkylation sites (N-methyl/N-ethyl adjacent to an activating group) is 1. The summed E-state index contributed by atoms with van der Waals surface area (Å²) in [6, 6.07) is 2.06. The highest BCUT2D eigenvalue weighted by Gasteiger charge is 2.20. The number of anilines is 1. The number of aryl methyl sites for hydroxylation is 2. The standard InChI is InChI=1S/C13H19N3OS/c1-8(17)7-16(2)13-10(12(14)18)6-9-4-3-5-11(9)15-13/h6,8,17H,3-5,7H2,1-2H3,(H2,14,18). The summed E-state index contributed by atoms with van der Waals surface area (Å²) in [5, 5.41) is 9.47. The van der Waals surface area contributed by atoms with Crippen LogP contribution in [0.4, 0.5) is 5.82 Å². The average molecular weight is 265 g/mol. The van der Waals surface area contributed by atoms with Gasteiger partial charge in [0.15, 0.2) is 0 Å². The van der Waals surface area contributed by atoms with Crippen LogP contribution in [0.3, 0.4) is 0 Å². The van der Waals surface area contributed by atoms with Gasteiger partial charge >= 0.3 is 0 Å². The molecule has 0 saturated heterocycles. The maximum atomic E-state index is 9.47. The van der Waals surface area contributed by atoms with Crippen molar-refractivity contribution in [3.63, 3.8) is 0 Å². The number of aliphatic hydroxyl groups is 1.